The summed E-state index contributed by atoms with van der Waals surface area (Å²) in [5.74, 6) is -1.50. The Hall–Kier alpha value is -1.00. The lowest BCUT2D eigenvalue weighted by atomic mass is 10.0. The Kier molecular flexibility index (Phi) is 5.49. The Balaban J connectivity index is 2.13. The molecule has 112 valence electrons. The summed E-state index contributed by atoms with van der Waals surface area (Å²) >= 11 is 0. The molecule has 2 atom stereocenters. The van der Waals surface area contributed by atoms with Gasteiger partial charge in [0.1, 0.15) is 0 Å². The molecule has 20 heavy (non-hydrogen) atoms. The van der Waals surface area contributed by atoms with Crippen molar-refractivity contribution >= 4 is 0 Å². The SMILES string of the molecule is CNC(CN1CCCCCC1C)c1cccc(F)c1F. The molecule has 0 bridgehead atoms. The fourth-order valence-electron chi connectivity index (χ4n) is 2.97. The zero-order chi connectivity index (χ0) is 14.5. The van der Waals surface area contributed by atoms with E-state index in [9.17, 15) is 8.78 Å². The molecule has 1 N–H and O–H groups in total. The average molecular weight is 282 g/mol. The lowest BCUT2D eigenvalue weighted by Crippen LogP contribution is -2.39. The Labute approximate surface area is 120 Å². The van der Waals surface area contributed by atoms with Crippen LogP contribution in [0.1, 0.15) is 44.2 Å². The summed E-state index contributed by atoms with van der Waals surface area (Å²) in [5, 5.41) is 3.13. The van der Waals surface area contributed by atoms with Crippen molar-refractivity contribution in [1.29, 1.82) is 0 Å². The van der Waals surface area contributed by atoms with Crippen LogP contribution in [-0.2, 0) is 0 Å². The molecule has 1 saturated heterocycles. The predicted molar refractivity (Wildman–Crippen MR) is 77.7 cm³/mol. The molecule has 1 heterocycles. The van der Waals surface area contributed by atoms with Crippen molar-refractivity contribution in [3.05, 3.63) is 35.4 Å². The second-order valence-corrected chi connectivity index (χ2v) is 5.68. The third-order valence-electron chi connectivity index (χ3n) is 4.31. The van der Waals surface area contributed by atoms with Gasteiger partial charge in [0, 0.05) is 24.2 Å². The molecule has 2 nitrogen and oxygen atoms in total. The van der Waals surface area contributed by atoms with Crippen LogP contribution in [-0.4, -0.2) is 31.1 Å². The van der Waals surface area contributed by atoms with Gasteiger partial charge in [0.25, 0.3) is 0 Å². The summed E-state index contributed by atoms with van der Waals surface area (Å²) in [7, 11) is 1.80. The number of rotatable bonds is 4. The van der Waals surface area contributed by atoms with Gasteiger partial charge in [-0.15, -0.1) is 0 Å². The van der Waals surface area contributed by atoms with Gasteiger partial charge >= 0.3 is 0 Å². The zero-order valence-corrected chi connectivity index (χ0v) is 12.3. The third-order valence-corrected chi connectivity index (χ3v) is 4.31. The van der Waals surface area contributed by atoms with Crippen LogP contribution in [0.4, 0.5) is 8.78 Å². The van der Waals surface area contributed by atoms with Crippen LogP contribution in [0.25, 0.3) is 0 Å². The highest BCUT2D eigenvalue weighted by Crippen LogP contribution is 2.23. The number of hydrogen-bond donors (Lipinski definition) is 1. The summed E-state index contributed by atoms with van der Waals surface area (Å²) in [6.45, 7) is 3.98. The third kappa shape index (κ3) is 3.55. The standard InChI is InChI=1S/C16H24F2N2/c1-12-7-4-3-5-10-20(12)11-15(19-2)13-8-6-9-14(17)16(13)18/h6,8-9,12,15,19H,3-5,7,10-11H2,1-2H3. The molecule has 1 aliphatic rings. The van der Waals surface area contributed by atoms with Gasteiger partial charge in [-0.05, 0) is 39.4 Å². The van der Waals surface area contributed by atoms with Crippen LogP contribution in [0.3, 0.4) is 0 Å². The predicted octanol–water partition coefficient (Wildman–Crippen LogP) is 3.49. The number of nitrogens with zero attached hydrogens (tertiary/aromatic N) is 1. The van der Waals surface area contributed by atoms with Gasteiger partial charge in [-0.3, -0.25) is 4.90 Å². The van der Waals surface area contributed by atoms with Crippen molar-refractivity contribution < 1.29 is 8.78 Å². The fourth-order valence-corrected chi connectivity index (χ4v) is 2.97. The van der Waals surface area contributed by atoms with Gasteiger partial charge in [0.2, 0.25) is 0 Å². The number of nitrogens with one attached hydrogen (secondary N) is 1. The van der Waals surface area contributed by atoms with Crippen LogP contribution in [0, 0.1) is 11.6 Å². The van der Waals surface area contributed by atoms with Gasteiger partial charge in [-0.25, -0.2) is 8.78 Å². The molecular weight excluding hydrogens is 258 g/mol. The molecule has 2 unspecified atom stereocenters. The molecule has 0 aromatic heterocycles. The summed E-state index contributed by atoms with van der Waals surface area (Å²) in [6, 6.07) is 4.74. The van der Waals surface area contributed by atoms with Gasteiger partial charge in [-0.1, -0.05) is 25.0 Å². The van der Waals surface area contributed by atoms with Crippen molar-refractivity contribution in [3.63, 3.8) is 0 Å². The van der Waals surface area contributed by atoms with E-state index in [1.54, 1.807) is 19.2 Å². The molecule has 0 amide bonds. The van der Waals surface area contributed by atoms with Gasteiger partial charge in [0.15, 0.2) is 11.6 Å². The van der Waals surface area contributed by atoms with E-state index >= 15 is 0 Å². The molecular formula is C16H24F2N2. The molecule has 1 aromatic rings. The molecule has 1 aliphatic heterocycles. The fraction of sp³-hybridized carbons (Fsp3) is 0.625. The summed E-state index contributed by atoms with van der Waals surface area (Å²) < 4.78 is 27.3. The van der Waals surface area contributed by atoms with Crippen molar-refractivity contribution in [2.45, 2.75) is 44.7 Å². The number of likely N-dealkylation sites (N-methyl/N-ethyl adjacent to an activating group) is 1. The number of likely N-dealkylation sites (tertiary alicyclic amines) is 1. The largest absolute Gasteiger partial charge is 0.312 e. The molecule has 0 aliphatic carbocycles. The van der Waals surface area contributed by atoms with E-state index in [2.05, 4.69) is 17.1 Å². The van der Waals surface area contributed by atoms with Crippen LogP contribution in [0.2, 0.25) is 0 Å². The van der Waals surface area contributed by atoms with Crippen molar-refractivity contribution in [3.8, 4) is 0 Å². The smallest absolute Gasteiger partial charge is 0.163 e. The van der Waals surface area contributed by atoms with Gasteiger partial charge in [-0.2, -0.15) is 0 Å². The number of halogens is 2. The van der Waals surface area contributed by atoms with Gasteiger partial charge < -0.3 is 5.32 Å². The minimum absolute atomic E-state index is 0.175. The van der Waals surface area contributed by atoms with Crippen molar-refractivity contribution in [1.82, 2.24) is 10.2 Å². The first kappa shape index (κ1) is 15.4. The second-order valence-electron chi connectivity index (χ2n) is 5.68. The van der Waals surface area contributed by atoms with E-state index in [4.69, 9.17) is 0 Å². The molecule has 1 fully saturated rings. The van der Waals surface area contributed by atoms with E-state index in [0.29, 0.717) is 11.6 Å². The maximum atomic E-state index is 13.9. The van der Waals surface area contributed by atoms with Crippen LogP contribution in [0.15, 0.2) is 18.2 Å². The number of hydrogen-bond acceptors (Lipinski definition) is 2. The normalized spacial score (nSPS) is 22.5. The number of benzene rings is 1. The van der Waals surface area contributed by atoms with E-state index in [1.807, 2.05) is 0 Å². The highest BCUT2D eigenvalue weighted by Gasteiger charge is 2.23. The monoisotopic (exact) mass is 282 g/mol. The molecule has 0 radical (unpaired) electrons. The van der Waals surface area contributed by atoms with Crippen molar-refractivity contribution in [2.75, 3.05) is 20.1 Å². The molecule has 0 saturated carbocycles. The van der Waals surface area contributed by atoms with Gasteiger partial charge in [0.05, 0.1) is 0 Å². The first-order valence-electron chi connectivity index (χ1n) is 7.48. The first-order valence-corrected chi connectivity index (χ1v) is 7.48. The molecule has 1 aromatic carbocycles. The van der Waals surface area contributed by atoms with Crippen LogP contribution in [0.5, 0.6) is 0 Å². The van der Waals surface area contributed by atoms with E-state index in [-0.39, 0.29) is 6.04 Å². The quantitative estimate of drug-likeness (QED) is 0.909. The molecule has 2 rings (SSSR count). The summed E-state index contributed by atoms with van der Waals surface area (Å²) in [5.41, 5.74) is 0.420. The van der Waals surface area contributed by atoms with Crippen LogP contribution < -0.4 is 5.32 Å². The van der Waals surface area contributed by atoms with E-state index < -0.39 is 11.6 Å². The Morgan fingerprint density at radius 2 is 2.10 bits per heavy atom. The topological polar surface area (TPSA) is 15.3 Å². The first-order chi connectivity index (χ1) is 9.63. The summed E-state index contributed by atoms with van der Waals surface area (Å²) in [4.78, 5) is 2.39. The van der Waals surface area contributed by atoms with E-state index in [0.717, 1.165) is 13.1 Å². The molecule has 0 spiro atoms. The second kappa shape index (κ2) is 7.14. The lowest BCUT2D eigenvalue weighted by molar-refractivity contribution is 0.191. The van der Waals surface area contributed by atoms with Crippen LogP contribution >= 0.6 is 0 Å². The average Bonchev–Trinajstić information content (AvgIpc) is 2.64. The molecule has 4 heteroatoms. The highest BCUT2D eigenvalue weighted by molar-refractivity contribution is 5.23. The Bertz CT molecular complexity index is 436. The summed E-state index contributed by atoms with van der Waals surface area (Å²) in [6.07, 6.45) is 4.89. The minimum atomic E-state index is -0.772. The zero-order valence-electron chi connectivity index (χ0n) is 12.3. The lowest BCUT2D eigenvalue weighted by Gasteiger charge is -2.31. The maximum absolute atomic E-state index is 13.9. The maximum Gasteiger partial charge on any atom is 0.163 e. The Morgan fingerprint density at radius 1 is 1.30 bits per heavy atom. The Morgan fingerprint density at radius 3 is 2.85 bits per heavy atom. The van der Waals surface area contributed by atoms with Crippen molar-refractivity contribution in [2.24, 2.45) is 0 Å². The highest BCUT2D eigenvalue weighted by atomic mass is 19.2. The minimum Gasteiger partial charge on any atom is -0.312 e. The van der Waals surface area contributed by atoms with E-state index in [1.165, 1.54) is 31.7 Å².